The van der Waals surface area contributed by atoms with Crippen molar-refractivity contribution in [1.82, 2.24) is 9.55 Å². The number of ether oxygens (including phenoxy) is 2. The predicted octanol–water partition coefficient (Wildman–Crippen LogP) is 4.05. The fraction of sp³-hybridized carbons (Fsp3) is 0.316. The van der Waals surface area contributed by atoms with Gasteiger partial charge in [-0.3, -0.25) is 0 Å². The summed E-state index contributed by atoms with van der Waals surface area (Å²) in [6.07, 6.45) is 0. The summed E-state index contributed by atoms with van der Waals surface area (Å²) in [5.41, 5.74) is 4.77. The van der Waals surface area contributed by atoms with E-state index in [4.69, 9.17) is 9.47 Å². The van der Waals surface area contributed by atoms with E-state index in [1.54, 1.807) is 7.11 Å². The fourth-order valence-electron chi connectivity index (χ4n) is 2.73. The molecule has 3 aromatic rings. The van der Waals surface area contributed by atoms with Crippen molar-refractivity contribution in [3.63, 3.8) is 0 Å². The SMILES string of the molecule is COc1cccc(OCCn2c(C)nc3cc(C)c(C)cc32)c1. The molecule has 0 aliphatic rings. The number of hydrogen-bond donors (Lipinski definition) is 0. The van der Waals surface area contributed by atoms with E-state index in [0.717, 1.165) is 29.4 Å². The lowest BCUT2D eigenvalue weighted by Gasteiger charge is -2.10. The van der Waals surface area contributed by atoms with Crippen molar-refractivity contribution in [2.24, 2.45) is 0 Å². The Bertz CT molecular complexity index is 837. The van der Waals surface area contributed by atoms with Gasteiger partial charge in [0.05, 0.1) is 24.7 Å². The van der Waals surface area contributed by atoms with Crippen LogP contribution >= 0.6 is 0 Å². The molecule has 0 spiro atoms. The molecule has 2 aromatic carbocycles. The minimum atomic E-state index is 0.590. The average Bonchev–Trinajstić information content (AvgIpc) is 2.83. The van der Waals surface area contributed by atoms with Gasteiger partial charge >= 0.3 is 0 Å². The number of nitrogens with zero attached hydrogens (tertiary/aromatic N) is 2. The molecule has 0 radical (unpaired) electrons. The highest BCUT2D eigenvalue weighted by Gasteiger charge is 2.09. The number of aryl methyl sites for hydroxylation is 3. The van der Waals surface area contributed by atoms with Crippen LogP contribution in [0.15, 0.2) is 36.4 Å². The highest BCUT2D eigenvalue weighted by atomic mass is 16.5. The number of aromatic nitrogens is 2. The van der Waals surface area contributed by atoms with Crippen LogP contribution in [0.4, 0.5) is 0 Å². The van der Waals surface area contributed by atoms with E-state index in [1.807, 2.05) is 31.2 Å². The van der Waals surface area contributed by atoms with E-state index >= 15 is 0 Å². The quantitative estimate of drug-likeness (QED) is 0.713. The molecule has 1 aromatic heterocycles. The molecule has 0 saturated heterocycles. The molecule has 120 valence electrons. The van der Waals surface area contributed by atoms with Gasteiger partial charge in [-0.1, -0.05) is 6.07 Å². The van der Waals surface area contributed by atoms with Gasteiger partial charge in [-0.05, 0) is 56.2 Å². The molecule has 0 amide bonds. The summed E-state index contributed by atoms with van der Waals surface area (Å²) in [5, 5.41) is 0. The van der Waals surface area contributed by atoms with Crippen molar-refractivity contribution in [3.05, 3.63) is 53.3 Å². The lowest BCUT2D eigenvalue weighted by Crippen LogP contribution is -2.09. The molecule has 0 atom stereocenters. The molecule has 23 heavy (non-hydrogen) atoms. The highest BCUT2D eigenvalue weighted by molar-refractivity contribution is 5.78. The van der Waals surface area contributed by atoms with Gasteiger partial charge in [0.1, 0.15) is 23.9 Å². The van der Waals surface area contributed by atoms with Gasteiger partial charge in [-0.15, -0.1) is 0 Å². The Kier molecular flexibility index (Phi) is 4.24. The Morgan fingerprint density at radius 3 is 2.52 bits per heavy atom. The number of benzene rings is 2. The summed E-state index contributed by atoms with van der Waals surface area (Å²) in [5.74, 6) is 2.63. The van der Waals surface area contributed by atoms with Crippen molar-refractivity contribution in [1.29, 1.82) is 0 Å². The van der Waals surface area contributed by atoms with Crippen LogP contribution < -0.4 is 9.47 Å². The van der Waals surface area contributed by atoms with Crippen molar-refractivity contribution >= 4 is 11.0 Å². The number of imidazole rings is 1. The third kappa shape index (κ3) is 3.16. The van der Waals surface area contributed by atoms with Crippen molar-refractivity contribution in [2.75, 3.05) is 13.7 Å². The zero-order valence-electron chi connectivity index (χ0n) is 14.1. The van der Waals surface area contributed by atoms with Gasteiger partial charge in [0.2, 0.25) is 0 Å². The van der Waals surface area contributed by atoms with Gasteiger partial charge < -0.3 is 14.0 Å². The summed E-state index contributed by atoms with van der Waals surface area (Å²) in [6.45, 7) is 7.65. The second-order valence-corrected chi connectivity index (χ2v) is 5.76. The van der Waals surface area contributed by atoms with E-state index in [1.165, 1.54) is 16.6 Å². The lowest BCUT2D eigenvalue weighted by atomic mass is 10.1. The van der Waals surface area contributed by atoms with Crippen LogP contribution in [0.2, 0.25) is 0 Å². The van der Waals surface area contributed by atoms with E-state index in [0.29, 0.717) is 6.61 Å². The highest BCUT2D eigenvalue weighted by Crippen LogP contribution is 2.22. The van der Waals surface area contributed by atoms with Crippen molar-refractivity contribution in [3.8, 4) is 11.5 Å². The van der Waals surface area contributed by atoms with Crippen LogP contribution in [-0.2, 0) is 6.54 Å². The van der Waals surface area contributed by atoms with E-state index in [9.17, 15) is 0 Å². The first-order valence-electron chi connectivity index (χ1n) is 7.79. The second kappa shape index (κ2) is 6.32. The van der Waals surface area contributed by atoms with Crippen LogP contribution in [0.5, 0.6) is 11.5 Å². The Balaban J connectivity index is 1.76. The summed E-state index contributed by atoms with van der Waals surface area (Å²) >= 11 is 0. The van der Waals surface area contributed by atoms with Crippen LogP contribution in [0.1, 0.15) is 17.0 Å². The number of methoxy groups -OCH3 is 1. The molecule has 0 N–H and O–H groups in total. The summed E-state index contributed by atoms with van der Waals surface area (Å²) < 4.78 is 13.3. The number of hydrogen-bond acceptors (Lipinski definition) is 3. The second-order valence-electron chi connectivity index (χ2n) is 5.76. The smallest absolute Gasteiger partial charge is 0.123 e. The standard InChI is InChI=1S/C19H22N2O2/c1-13-10-18-19(11-14(13)2)21(15(3)20-18)8-9-23-17-7-5-6-16(12-17)22-4/h5-7,10-12H,8-9H2,1-4H3. The van der Waals surface area contributed by atoms with E-state index < -0.39 is 0 Å². The van der Waals surface area contributed by atoms with Gasteiger partial charge in [0.15, 0.2) is 0 Å². The van der Waals surface area contributed by atoms with Crippen molar-refractivity contribution < 1.29 is 9.47 Å². The van der Waals surface area contributed by atoms with Gasteiger partial charge in [0.25, 0.3) is 0 Å². The summed E-state index contributed by atoms with van der Waals surface area (Å²) in [6, 6.07) is 12.0. The summed E-state index contributed by atoms with van der Waals surface area (Å²) in [7, 11) is 1.66. The molecule has 0 aliphatic heterocycles. The average molecular weight is 310 g/mol. The van der Waals surface area contributed by atoms with Gasteiger partial charge in [-0.2, -0.15) is 0 Å². The monoisotopic (exact) mass is 310 g/mol. The van der Waals surface area contributed by atoms with Crippen LogP contribution in [0, 0.1) is 20.8 Å². The topological polar surface area (TPSA) is 36.3 Å². The normalized spacial score (nSPS) is 11.0. The molecular weight excluding hydrogens is 288 g/mol. The number of fused-ring (bicyclic) bond motifs is 1. The molecule has 4 nitrogen and oxygen atoms in total. The Morgan fingerprint density at radius 1 is 1.00 bits per heavy atom. The molecular formula is C19H22N2O2. The maximum Gasteiger partial charge on any atom is 0.123 e. The van der Waals surface area contributed by atoms with Gasteiger partial charge in [0, 0.05) is 6.07 Å². The van der Waals surface area contributed by atoms with Gasteiger partial charge in [-0.25, -0.2) is 4.98 Å². The first-order valence-corrected chi connectivity index (χ1v) is 7.79. The first-order chi connectivity index (χ1) is 11.1. The molecule has 4 heteroatoms. The molecule has 0 saturated carbocycles. The molecule has 0 bridgehead atoms. The Hall–Kier alpha value is -2.49. The van der Waals surface area contributed by atoms with E-state index in [-0.39, 0.29) is 0 Å². The third-order valence-corrected chi connectivity index (χ3v) is 4.18. The molecule has 0 fully saturated rings. The number of rotatable bonds is 5. The maximum absolute atomic E-state index is 5.85. The Labute approximate surface area is 136 Å². The fourth-order valence-corrected chi connectivity index (χ4v) is 2.73. The molecule has 3 rings (SSSR count). The first kappa shape index (κ1) is 15.4. The largest absolute Gasteiger partial charge is 0.497 e. The summed E-state index contributed by atoms with van der Waals surface area (Å²) in [4.78, 5) is 4.66. The zero-order chi connectivity index (χ0) is 16.4. The minimum absolute atomic E-state index is 0.590. The molecule has 0 unspecified atom stereocenters. The zero-order valence-corrected chi connectivity index (χ0v) is 14.1. The third-order valence-electron chi connectivity index (χ3n) is 4.18. The predicted molar refractivity (Wildman–Crippen MR) is 92.4 cm³/mol. The Morgan fingerprint density at radius 2 is 1.74 bits per heavy atom. The molecule has 0 aliphatic carbocycles. The van der Waals surface area contributed by atoms with E-state index in [2.05, 4.69) is 35.5 Å². The van der Waals surface area contributed by atoms with Crippen LogP contribution in [-0.4, -0.2) is 23.3 Å². The minimum Gasteiger partial charge on any atom is -0.497 e. The van der Waals surface area contributed by atoms with Crippen LogP contribution in [0.25, 0.3) is 11.0 Å². The molecule has 1 heterocycles. The van der Waals surface area contributed by atoms with Crippen LogP contribution in [0.3, 0.4) is 0 Å². The lowest BCUT2D eigenvalue weighted by molar-refractivity contribution is 0.297. The van der Waals surface area contributed by atoms with Crippen molar-refractivity contribution in [2.45, 2.75) is 27.3 Å². The maximum atomic E-state index is 5.85.